The molecule has 2 unspecified atom stereocenters. The Morgan fingerprint density at radius 2 is 1.94 bits per heavy atom. The summed E-state index contributed by atoms with van der Waals surface area (Å²) in [7, 11) is 0. The highest BCUT2D eigenvalue weighted by Gasteiger charge is 2.35. The van der Waals surface area contributed by atoms with Crippen LogP contribution in [0.5, 0.6) is 0 Å². The minimum atomic E-state index is -1.25. The number of halogens is 1. The van der Waals surface area contributed by atoms with Crippen LogP contribution in [0.15, 0.2) is 18.2 Å². The number of aliphatic hydroxyl groups excluding tert-OH is 2. The van der Waals surface area contributed by atoms with Crippen molar-refractivity contribution >= 4 is 27.9 Å². The van der Waals surface area contributed by atoms with Crippen LogP contribution >= 0.6 is 15.9 Å². The third-order valence-electron chi connectivity index (χ3n) is 2.55. The third-order valence-corrected chi connectivity index (χ3v) is 3.21. The Morgan fingerprint density at radius 3 is 2.59 bits per heavy atom. The zero-order valence-corrected chi connectivity index (χ0v) is 10.2. The number of carbonyl (C=O) groups excluding carboxylic acids is 2. The number of alkyl halides is 1. The lowest BCUT2D eigenvalue weighted by Crippen LogP contribution is -2.21. The van der Waals surface area contributed by atoms with Crippen LogP contribution in [0.1, 0.15) is 32.4 Å². The van der Waals surface area contributed by atoms with E-state index < -0.39 is 24.1 Å². The van der Waals surface area contributed by atoms with Crippen molar-refractivity contribution in [3.63, 3.8) is 0 Å². The van der Waals surface area contributed by atoms with Gasteiger partial charge in [-0.2, -0.15) is 0 Å². The molecule has 1 heterocycles. The summed E-state index contributed by atoms with van der Waals surface area (Å²) < 4.78 is 4.45. The number of ether oxygens (including phenoxy) is 1. The number of hydrogen-bond acceptors (Lipinski definition) is 5. The number of cyclic esters (lactones) is 2. The lowest BCUT2D eigenvalue weighted by molar-refractivity contribution is 0.0324. The van der Waals surface area contributed by atoms with Crippen molar-refractivity contribution in [3.8, 4) is 0 Å². The highest BCUT2D eigenvalue weighted by Crippen LogP contribution is 2.29. The second kappa shape index (κ2) is 4.56. The number of carbonyl (C=O) groups is 2. The van der Waals surface area contributed by atoms with Crippen LogP contribution in [0.3, 0.4) is 0 Å². The van der Waals surface area contributed by atoms with Gasteiger partial charge < -0.3 is 14.9 Å². The fraction of sp³-hybridized carbons (Fsp3) is 0.273. The summed E-state index contributed by atoms with van der Waals surface area (Å²) in [6.07, 6.45) is -2.31. The molecule has 6 heteroatoms. The van der Waals surface area contributed by atoms with E-state index in [4.69, 9.17) is 0 Å². The van der Waals surface area contributed by atoms with Crippen LogP contribution in [-0.4, -0.2) is 33.6 Å². The molecule has 2 N–H and O–H groups in total. The quantitative estimate of drug-likeness (QED) is 0.490. The van der Waals surface area contributed by atoms with E-state index >= 15 is 0 Å². The molecule has 2 rings (SSSR count). The molecule has 0 aliphatic carbocycles. The Balaban J connectivity index is 2.50. The Labute approximate surface area is 105 Å². The molecule has 0 saturated heterocycles. The van der Waals surface area contributed by atoms with Crippen LogP contribution in [0.25, 0.3) is 0 Å². The molecule has 0 spiro atoms. The Hall–Kier alpha value is -1.24. The Kier molecular flexibility index (Phi) is 3.28. The predicted octanol–water partition coefficient (Wildman–Crippen LogP) is 0.786. The molecule has 1 aliphatic rings. The van der Waals surface area contributed by atoms with Gasteiger partial charge in [0.1, 0.15) is 6.10 Å². The fourth-order valence-electron chi connectivity index (χ4n) is 1.70. The molecule has 0 fully saturated rings. The zero-order chi connectivity index (χ0) is 12.6. The fourth-order valence-corrected chi connectivity index (χ4v) is 2.05. The summed E-state index contributed by atoms with van der Waals surface area (Å²) in [5, 5.41) is 19.5. The monoisotopic (exact) mass is 300 g/mol. The lowest BCUT2D eigenvalue weighted by Gasteiger charge is -2.17. The smallest absolute Gasteiger partial charge is 0.347 e. The van der Waals surface area contributed by atoms with Crippen molar-refractivity contribution in [2.24, 2.45) is 0 Å². The van der Waals surface area contributed by atoms with Crippen LogP contribution in [0, 0.1) is 0 Å². The topological polar surface area (TPSA) is 83.8 Å². The van der Waals surface area contributed by atoms with Crippen molar-refractivity contribution in [2.45, 2.75) is 12.2 Å². The van der Waals surface area contributed by atoms with Crippen LogP contribution < -0.4 is 0 Å². The van der Waals surface area contributed by atoms with Gasteiger partial charge in [-0.1, -0.05) is 28.1 Å². The summed E-state index contributed by atoms with van der Waals surface area (Å²) in [4.78, 5) is 22.8. The van der Waals surface area contributed by atoms with Gasteiger partial charge in [-0.3, -0.25) is 0 Å². The highest BCUT2D eigenvalue weighted by molar-refractivity contribution is 9.09. The third kappa shape index (κ3) is 1.99. The van der Waals surface area contributed by atoms with Crippen molar-refractivity contribution in [1.82, 2.24) is 0 Å². The summed E-state index contributed by atoms with van der Waals surface area (Å²) >= 11 is 3.03. The molecule has 90 valence electrons. The minimum Gasteiger partial charge on any atom is -0.389 e. The van der Waals surface area contributed by atoms with Gasteiger partial charge in [0.05, 0.1) is 17.2 Å². The molecule has 0 amide bonds. The first kappa shape index (κ1) is 12.2. The molecule has 0 saturated carbocycles. The molecular weight excluding hydrogens is 292 g/mol. The minimum absolute atomic E-state index is 0.0324. The second-order valence-corrected chi connectivity index (χ2v) is 4.26. The van der Waals surface area contributed by atoms with Gasteiger partial charge in [0.2, 0.25) is 0 Å². The maximum atomic E-state index is 11.5. The van der Waals surface area contributed by atoms with Crippen LogP contribution in [0.2, 0.25) is 0 Å². The molecule has 0 bridgehead atoms. The average Bonchev–Trinajstić information content (AvgIpc) is 2.63. The van der Waals surface area contributed by atoms with E-state index in [1.54, 1.807) is 0 Å². The molecule has 2 atom stereocenters. The largest absolute Gasteiger partial charge is 0.389 e. The average molecular weight is 301 g/mol. The van der Waals surface area contributed by atoms with Gasteiger partial charge in [-0.15, -0.1) is 0 Å². The first-order chi connectivity index (χ1) is 8.06. The van der Waals surface area contributed by atoms with E-state index in [0.717, 1.165) is 0 Å². The maximum Gasteiger partial charge on any atom is 0.347 e. The summed E-state index contributed by atoms with van der Waals surface area (Å²) in [5.41, 5.74) is 0.351. The van der Waals surface area contributed by atoms with Gasteiger partial charge in [0.25, 0.3) is 0 Å². The highest BCUT2D eigenvalue weighted by atomic mass is 79.9. The maximum absolute atomic E-state index is 11.5. The molecule has 0 aromatic heterocycles. The molecule has 1 aliphatic heterocycles. The van der Waals surface area contributed by atoms with E-state index in [1.807, 2.05) is 0 Å². The number of hydrogen-bond donors (Lipinski definition) is 2. The van der Waals surface area contributed by atoms with E-state index in [2.05, 4.69) is 20.7 Å². The number of rotatable bonds is 3. The summed E-state index contributed by atoms with van der Waals surface area (Å²) in [6.45, 7) is 0. The molecule has 5 nitrogen and oxygen atoms in total. The molecule has 1 aromatic carbocycles. The van der Waals surface area contributed by atoms with Crippen molar-refractivity contribution in [1.29, 1.82) is 0 Å². The molecular formula is C11H9BrO5. The van der Waals surface area contributed by atoms with E-state index in [0.29, 0.717) is 0 Å². The summed E-state index contributed by atoms with van der Waals surface area (Å²) in [6, 6.07) is 4.45. The SMILES string of the molecule is O=C1OC(=O)c2c1cccc2C(O)C(O)CBr. The number of benzene rings is 1. The van der Waals surface area contributed by atoms with Gasteiger partial charge in [0, 0.05) is 5.33 Å². The zero-order valence-electron chi connectivity index (χ0n) is 8.59. The number of esters is 2. The lowest BCUT2D eigenvalue weighted by atomic mass is 9.96. The Bertz CT molecular complexity index is 485. The van der Waals surface area contributed by atoms with Gasteiger partial charge in [0.15, 0.2) is 0 Å². The normalized spacial score (nSPS) is 17.6. The predicted molar refractivity (Wildman–Crippen MR) is 60.9 cm³/mol. The first-order valence-electron chi connectivity index (χ1n) is 4.87. The van der Waals surface area contributed by atoms with Gasteiger partial charge in [-0.25, -0.2) is 9.59 Å². The van der Waals surface area contributed by atoms with Crippen molar-refractivity contribution < 1.29 is 24.5 Å². The molecule has 1 aromatic rings. The number of aliphatic hydroxyl groups is 2. The standard InChI is InChI=1S/C11H9BrO5/c12-4-7(13)9(14)5-2-1-3-6-8(5)11(16)17-10(6)15/h1-3,7,9,13-14H,4H2. The van der Waals surface area contributed by atoms with Gasteiger partial charge in [-0.05, 0) is 11.6 Å². The van der Waals surface area contributed by atoms with Gasteiger partial charge >= 0.3 is 11.9 Å². The van der Waals surface area contributed by atoms with E-state index in [1.165, 1.54) is 18.2 Å². The first-order valence-corrected chi connectivity index (χ1v) is 6.00. The van der Waals surface area contributed by atoms with Crippen LogP contribution in [0.4, 0.5) is 0 Å². The van der Waals surface area contributed by atoms with E-state index in [-0.39, 0.29) is 22.0 Å². The van der Waals surface area contributed by atoms with Crippen molar-refractivity contribution in [2.75, 3.05) is 5.33 Å². The van der Waals surface area contributed by atoms with Crippen molar-refractivity contribution in [3.05, 3.63) is 34.9 Å². The summed E-state index contributed by atoms with van der Waals surface area (Å²) in [5.74, 6) is -1.52. The molecule has 0 radical (unpaired) electrons. The second-order valence-electron chi connectivity index (χ2n) is 3.61. The van der Waals surface area contributed by atoms with E-state index in [9.17, 15) is 19.8 Å². The Morgan fingerprint density at radius 1 is 1.24 bits per heavy atom. The number of fused-ring (bicyclic) bond motifs is 1. The van der Waals surface area contributed by atoms with Crippen LogP contribution in [-0.2, 0) is 4.74 Å². The molecule has 17 heavy (non-hydrogen) atoms.